The Kier molecular flexibility index (Phi) is 9.58. The molecule has 1 aromatic carbocycles. The molecule has 0 bridgehead atoms. The van der Waals surface area contributed by atoms with Crippen LogP contribution in [0.25, 0.3) is 0 Å². The molecular weight excluding hydrogens is 350 g/mol. The Bertz CT molecular complexity index is 611. The molecule has 28 heavy (non-hydrogen) atoms. The van der Waals surface area contributed by atoms with Crippen LogP contribution >= 0.6 is 0 Å². The van der Waals surface area contributed by atoms with Crippen LogP contribution in [0.5, 0.6) is 5.75 Å². The lowest BCUT2D eigenvalue weighted by molar-refractivity contribution is 0.109. The minimum Gasteiger partial charge on any atom is -0.496 e. The second kappa shape index (κ2) is 11.9. The number of aliphatic imine (C=N–C) groups is 1. The first-order chi connectivity index (χ1) is 13.6. The van der Waals surface area contributed by atoms with Crippen LogP contribution in [0.2, 0.25) is 0 Å². The number of benzene rings is 1. The second-order valence-corrected chi connectivity index (χ2v) is 7.52. The van der Waals surface area contributed by atoms with Gasteiger partial charge in [-0.05, 0) is 50.9 Å². The first-order valence-corrected chi connectivity index (χ1v) is 10.7. The van der Waals surface area contributed by atoms with Crippen molar-refractivity contribution in [2.75, 3.05) is 59.5 Å². The van der Waals surface area contributed by atoms with Crippen LogP contribution in [0.15, 0.2) is 23.2 Å². The molecule has 6 heteroatoms. The fraction of sp³-hybridized carbons (Fsp3) is 0.682. The topological polar surface area (TPSA) is 52.1 Å². The van der Waals surface area contributed by atoms with E-state index in [1.54, 1.807) is 7.11 Å². The zero-order valence-electron chi connectivity index (χ0n) is 18.4. The molecule has 1 heterocycles. The Morgan fingerprint density at radius 1 is 1.18 bits per heavy atom. The van der Waals surface area contributed by atoms with Crippen LogP contribution in [0, 0.1) is 6.92 Å². The molecule has 0 saturated carbocycles. The molecule has 0 spiro atoms. The number of hydrogen-bond acceptors (Lipinski definition) is 4. The molecule has 0 aromatic heterocycles. The van der Waals surface area contributed by atoms with Crippen LogP contribution in [0.4, 0.5) is 0 Å². The highest BCUT2D eigenvalue weighted by atomic mass is 16.5. The zero-order valence-corrected chi connectivity index (χ0v) is 18.4. The fourth-order valence-corrected chi connectivity index (χ4v) is 3.55. The van der Waals surface area contributed by atoms with Gasteiger partial charge in [0, 0.05) is 45.3 Å². The summed E-state index contributed by atoms with van der Waals surface area (Å²) in [6, 6.07) is 6.88. The highest BCUT2D eigenvalue weighted by Gasteiger charge is 2.19. The number of aryl methyl sites for hydroxylation is 1. The van der Waals surface area contributed by atoms with Crippen LogP contribution in [0.1, 0.15) is 31.9 Å². The Morgan fingerprint density at radius 2 is 1.93 bits per heavy atom. The van der Waals surface area contributed by atoms with Crippen molar-refractivity contribution in [3.8, 4) is 5.75 Å². The maximum atomic E-state index is 5.42. The van der Waals surface area contributed by atoms with Gasteiger partial charge in [0.25, 0.3) is 0 Å². The van der Waals surface area contributed by atoms with Crippen molar-refractivity contribution in [1.29, 1.82) is 0 Å². The first kappa shape index (κ1) is 22.5. The summed E-state index contributed by atoms with van der Waals surface area (Å²) in [7, 11) is 1.73. The lowest BCUT2D eigenvalue weighted by Crippen LogP contribution is -2.50. The Hall–Kier alpha value is -1.79. The van der Waals surface area contributed by atoms with Gasteiger partial charge in [-0.3, -0.25) is 9.89 Å². The first-order valence-electron chi connectivity index (χ1n) is 10.7. The molecule has 158 valence electrons. The number of guanidine groups is 1. The highest BCUT2D eigenvalue weighted by Crippen LogP contribution is 2.19. The van der Waals surface area contributed by atoms with Gasteiger partial charge < -0.3 is 20.3 Å². The van der Waals surface area contributed by atoms with Crippen LogP contribution in [-0.4, -0.2) is 81.3 Å². The van der Waals surface area contributed by atoms with E-state index in [1.807, 2.05) is 0 Å². The van der Waals surface area contributed by atoms with Gasteiger partial charge in [-0.25, -0.2) is 0 Å². The predicted octanol–water partition coefficient (Wildman–Crippen LogP) is 2.13. The van der Waals surface area contributed by atoms with Gasteiger partial charge in [0.1, 0.15) is 5.75 Å². The molecule has 2 N–H and O–H groups in total. The van der Waals surface area contributed by atoms with Gasteiger partial charge in [0.05, 0.1) is 13.7 Å². The maximum absolute atomic E-state index is 5.42. The quantitative estimate of drug-likeness (QED) is 0.501. The summed E-state index contributed by atoms with van der Waals surface area (Å²) in [6.45, 7) is 17.0. The third kappa shape index (κ3) is 6.99. The van der Waals surface area contributed by atoms with Crippen molar-refractivity contribution >= 4 is 5.96 Å². The fourth-order valence-electron chi connectivity index (χ4n) is 3.55. The molecule has 0 radical (unpaired) electrons. The van der Waals surface area contributed by atoms with E-state index in [4.69, 9.17) is 9.73 Å². The summed E-state index contributed by atoms with van der Waals surface area (Å²) in [5, 5.41) is 6.83. The van der Waals surface area contributed by atoms with E-state index in [0.717, 1.165) is 57.4 Å². The van der Waals surface area contributed by atoms with Gasteiger partial charge in [-0.2, -0.15) is 0 Å². The van der Waals surface area contributed by atoms with Crippen molar-refractivity contribution in [3.63, 3.8) is 0 Å². The highest BCUT2D eigenvalue weighted by molar-refractivity contribution is 5.79. The summed E-state index contributed by atoms with van der Waals surface area (Å²) >= 11 is 0. The molecule has 1 atom stereocenters. The van der Waals surface area contributed by atoms with E-state index in [1.165, 1.54) is 24.2 Å². The lowest BCUT2D eigenvalue weighted by Gasteiger charge is -2.37. The van der Waals surface area contributed by atoms with Crippen LogP contribution in [-0.2, 0) is 6.42 Å². The van der Waals surface area contributed by atoms with E-state index < -0.39 is 0 Å². The predicted molar refractivity (Wildman–Crippen MR) is 119 cm³/mol. The molecule has 1 aliphatic heterocycles. The van der Waals surface area contributed by atoms with Crippen molar-refractivity contribution in [2.45, 2.75) is 40.2 Å². The summed E-state index contributed by atoms with van der Waals surface area (Å²) in [5.41, 5.74) is 2.44. The number of piperazine rings is 1. The van der Waals surface area contributed by atoms with Gasteiger partial charge in [-0.1, -0.05) is 19.1 Å². The summed E-state index contributed by atoms with van der Waals surface area (Å²) in [6.07, 6.45) is 0.940. The van der Waals surface area contributed by atoms with Crippen LogP contribution < -0.4 is 15.4 Å². The standard InChI is InChI=1S/C22H39N5O/c1-6-23-22(24-11-10-20-9-8-18(3)21(16-20)28-5)25-17-19(4)27-14-12-26(7-2)13-15-27/h8-9,16,19H,6-7,10-15,17H2,1-5H3,(H2,23,24,25). The van der Waals surface area contributed by atoms with E-state index >= 15 is 0 Å². The average Bonchev–Trinajstić information content (AvgIpc) is 2.73. The number of nitrogens with one attached hydrogen (secondary N) is 2. The Balaban J connectivity index is 1.81. The molecule has 6 nitrogen and oxygen atoms in total. The Labute approximate surface area is 171 Å². The second-order valence-electron chi connectivity index (χ2n) is 7.52. The van der Waals surface area contributed by atoms with Gasteiger partial charge in [0.15, 0.2) is 5.96 Å². The number of nitrogens with zero attached hydrogens (tertiary/aromatic N) is 3. The number of likely N-dealkylation sites (N-methyl/N-ethyl adjacent to an activating group) is 1. The average molecular weight is 390 g/mol. The minimum absolute atomic E-state index is 0.468. The zero-order chi connectivity index (χ0) is 20.4. The van der Waals surface area contributed by atoms with Crippen molar-refractivity contribution in [3.05, 3.63) is 29.3 Å². The molecule has 1 unspecified atom stereocenters. The SMILES string of the molecule is CCNC(=NCC(C)N1CCN(CC)CC1)NCCc1ccc(C)c(OC)c1. The largest absolute Gasteiger partial charge is 0.496 e. The number of methoxy groups -OCH3 is 1. The summed E-state index contributed by atoms with van der Waals surface area (Å²) < 4.78 is 5.42. The van der Waals surface area contributed by atoms with Crippen molar-refractivity contribution in [2.24, 2.45) is 4.99 Å². The van der Waals surface area contributed by atoms with Gasteiger partial charge in [-0.15, -0.1) is 0 Å². The van der Waals surface area contributed by atoms with E-state index in [-0.39, 0.29) is 0 Å². The monoisotopic (exact) mass is 389 g/mol. The van der Waals surface area contributed by atoms with Crippen LogP contribution in [0.3, 0.4) is 0 Å². The Morgan fingerprint density at radius 3 is 2.57 bits per heavy atom. The molecule has 2 rings (SSSR count). The number of hydrogen-bond donors (Lipinski definition) is 2. The summed E-state index contributed by atoms with van der Waals surface area (Å²) in [5.74, 6) is 1.86. The van der Waals surface area contributed by atoms with Crippen molar-refractivity contribution < 1.29 is 4.74 Å². The number of rotatable bonds is 9. The van der Waals surface area contributed by atoms with E-state index in [2.05, 4.69) is 66.3 Å². The number of ether oxygens (including phenoxy) is 1. The van der Waals surface area contributed by atoms with Gasteiger partial charge >= 0.3 is 0 Å². The smallest absolute Gasteiger partial charge is 0.191 e. The molecule has 1 saturated heterocycles. The summed E-state index contributed by atoms with van der Waals surface area (Å²) in [4.78, 5) is 9.89. The third-order valence-corrected chi connectivity index (χ3v) is 5.51. The normalized spacial score (nSPS) is 17.4. The molecule has 1 fully saturated rings. The van der Waals surface area contributed by atoms with Crippen molar-refractivity contribution in [1.82, 2.24) is 20.4 Å². The molecule has 1 aliphatic rings. The molecule has 0 aliphatic carbocycles. The maximum Gasteiger partial charge on any atom is 0.191 e. The van der Waals surface area contributed by atoms with Gasteiger partial charge in [0.2, 0.25) is 0 Å². The minimum atomic E-state index is 0.468. The molecular formula is C22H39N5O. The van der Waals surface area contributed by atoms with E-state index in [9.17, 15) is 0 Å². The molecule has 1 aromatic rings. The third-order valence-electron chi connectivity index (χ3n) is 5.51. The lowest BCUT2D eigenvalue weighted by atomic mass is 10.1. The van der Waals surface area contributed by atoms with E-state index in [0.29, 0.717) is 6.04 Å². The molecule has 0 amide bonds.